The van der Waals surface area contributed by atoms with E-state index >= 15 is 0 Å². The topological polar surface area (TPSA) is 150 Å². The van der Waals surface area contributed by atoms with E-state index in [9.17, 15) is 24.3 Å². The number of anilines is 1. The summed E-state index contributed by atoms with van der Waals surface area (Å²) in [5, 5.41) is 19.4. The molecule has 1 aromatic heterocycles. The van der Waals surface area contributed by atoms with Gasteiger partial charge in [-0.25, -0.2) is 9.78 Å². The molecular formula is C27H27N5O6S. The van der Waals surface area contributed by atoms with Crippen LogP contribution in [0.3, 0.4) is 0 Å². The third-order valence-corrected chi connectivity index (χ3v) is 7.21. The molecule has 12 heteroatoms. The molecule has 5 rings (SSSR count). The zero-order valence-corrected chi connectivity index (χ0v) is 21.6. The van der Waals surface area contributed by atoms with Gasteiger partial charge in [0.2, 0.25) is 0 Å². The highest BCUT2D eigenvalue weighted by molar-refractivity contribution is 7.14. The molecule has 39 heavy (non-hydrogen) atoms. The summed E-state index contributed by atoms with van der Waals surface area (Å²) in [7, 11) is 0. The number of carbonyl (C=O) groups is 4. The molecule has 3 aromatic rings. The smallest absolute Gasteiger partial charge is 0.405 e. The van der Waals surface area contributed by atoms with Crippen LogP contribution >= 0.6 is 11.3 Å². The van der Waals surface area contributed by atoms with Gasteiger partial charge in [0.15, 0.2) is 5.13 Å². The third kappa shape index (κ3) is 6.41. The molecule has 1 aliphatic carbocycles. The van der Waals surface area contributed by atoms with E-state index in [0.717, 1.165) is 18.4 Å². The molecule has 2 atom stereocenters. The number of rotatable bonds is 8. The van der Waals surface area contributed by atoms with Gasteiger partial charge in [0.05, 0.1) is 18.9 Å². The van der Waals surface area contributed by atoms with Gasteiger partial charge in [-0.3, -0.25) is 14.4 Å². The lowest BCUT2D eigenvalue weighted by Crippen LogP contribution is -2.57. The number of benzene rings is 2. The van der Waals surface area contributed by atoms with Crippen molar-refractivity contribution in [1.29, 1.82) is 0 Å². The molecular weight excluding hydrogens is 522 g/mol. The Hall–Kier alpha value is -4.29. The molecule has 11 nitrogen and oxygen atoms in total. The van der Waals surface area contributed by atoms with E-state index in [-0.39, 0.29) is 31.7 Å². The predicted octanol–water partition coefficient (Wildman–Crippen LogP) is 2.88. The molecule has 0 bridgehead atoms. The number of hydrogen-bond acceptors (Lipinski definition) is 7. The number of morpholine rings is 1. The lowest BCUT2D eigenvalue weighted by Gasteiger charge is -2.36. The number of nitrogens with one attached hydrogen (secondary N) is 3. The predicted molar refractivity (Wildman–Crippen MR) is 143 cm³/mol. The van der Waals surface area contributed by atoms with E-state index in [4.69, 9.17) is 4.74 Å². The van der Waals surface area contributed by atoms with Crippen LogP contribution in [0.5, 0.6) is 0 Å². The monoisotopic (exact) mass is 549 g/mol. The Morgan fingerprint density at radius 3 is 2.49 bits per heavy atom. The fraction of sp³-hybridized carbons (Fsp3) is 0.296. The van der Waals surface area contributed by atoms with Crippen molar-refractivity contribution in [3.63, 3.8) is 0 Å². The van der Waals surface area contributed by atoms with Crippen LogP contribution in [-0.4, -0.2) is 70.6 Å². The van der Waals surface area contributed by atoms with Crippen molar-refractivity contribution in [3.05, 3.63) is 71.1 Å². The summed E-state index contributed by atoms with van der Waals surface area (Å²) >= 11 is 1.23. The van der Waals surface area contributed by atoms with Gasteiger partial charge in [0.25, 0.3) is 17.7 Å². The highest BCUT2D eigenvalue weighted by atomic mass is 32.1. The third-order valence-electron chi connectivity index (χ3n) is 6.45. The largest absolute Gasteiger partial charge is 0.465 e. The van der Waals surface area contributed by atoms with Crippen LogP contribution in [0.15, 0.2) is 60.0 Å². The first-order valence-electron chi connectivity index (χ1n) is 12.5. The standard InChI is InChI=1S/C27H27N5O6S/c33-23(28-19-10-11-19)18-8-6-16(7-9-18)20-15-39-26(29-20)31-24(34)21-14-38-13-12-32(21)25(35)22(30-27(36)37)17-4-2-1-3-5-17/h1-9,15,19,21-22,30H,10-14H2,(H,28,33)(H,36,37)(H,29,31,34)/t21-,22+/m0/s1. The van der Waals surface area contributed by atoms with Gasteiger partial charge in [-0.1, -0.05) is 42.5 Å². The van der Waals surface area contributed by atoms with Crippen LogP contribution in [0, 0.1) is 0 Å². The lowest BCUT2D eigenvalue weighted by atomic mass is 10.0. The van der Waals surface area contributed by atoms with Crippen molar-refractivity contribution < 1.29 is 29.0 Å². The Labute approximate surface area is 228 Å². The van der Waals surface area contributed by atoms with Crippen molar-refractivity contribution in [2.24, 2.45) is 0 Å². The Bertz CT molecular complexity index is 1360. The summed E-state index contributed by atoms with van der Waals surface area (Å²) in [6.07, 6.45) is 0.685. The first-order valence-corrected chi connectivity index (χ1v) is 13.4. The zero-order valence-electron chi connectivity index (χ0n) is 20.8. The van der Waals surface area contributed by atoms with Gasteiger partial charge in [-0.2, -0.15) is 0 Å². The zero-order chi connectivity index (χ0) is 27.4. The van der Waals surface area contributed by atoms with E-state index in [1.54, 1.807) is 60.0 Å². The van der Waals surface area contributed by atoms with Crippen LogP contribution in [0.1, 0.15) is 34.8 Å². The normalized spacial score (nSPS) is 17.6. The number of hydrogen-bond donors (Lipinski definition) is 4. The second-order valence-corrected chi connectivity index (χ2v) is 10.1. The van der Waals surface area contributed by atoms with Crippen LogP contribution in [-0.2, 0) is 14.3 Å². The van der Waals surface area contributed by atoms with Crippen LogP contribution in [0.25, 0.3) is 11.3 Å². The Morgan fingerprint density at radius 2 is 1.79 bits per heavy atom. The molecule has 1 saturated heterocycles. The Kier molecular flexibility index (Phi) is 7.84. The molecule has 1 aliphatic heterocycles. The summed E-state index contributed by atoms with van der Waals surface area (Å²) in [5.74, 6) is -1.13. The minimum atomic E-state index is -1.35. The molecule has 2 aromatic carbocycles. The molecule has 0 radical (unpaired) electrons. The number of thiazole rings is 1. The average Bonchev–Trinajstić information content (AvgIpc) is 3.65. The number of carboxylic acid groups (broad SMARTS) is 1. The van der Waals surface area contributed by atoms with Gasteiger partial charge in [-0.15, -0.1) is 11.3 Å². The van der Waals surface area contributed by atoms with Gasteiger partial charge < -0.3 is 30.7 Å². The van der Waals surface area contributed by atoms with Crippen molar-refractivity contribution in [2.75, 3.05) is 25.1 Å². The number of aromatic nitrogens is 1. The highest BCUT2D eigenvalue weighted by Crippen LogP contribution is 2.27. The Morgan fingerprint density at radius 1 is 1.05 bits per heavy atom. The van der Waals surface area contributed by atoms with Gasteiger partial charge in [0, 0.05) is 29.1 Å². The number of amides is 4. The summed E-state index contributed by atoms with van der Waals surface area (Å²) in [6.45, 7) is 0.320. The molecule has 2 fully saturated rings. The molecule has 4 N–H and O–H groups in total. The summed E-state index contributed by atoms with van der Waals surface area (Å²) in [6, 6.07) is 13.7. The second-order valence-electron chi connectivity index (χ2n) is 9.27. The molecule has 1 saturated carbocycles. The number of ether oxygens (including phenoxy) is 1. The molecule has 4 amide bonds. The maximum absolute atomic E-state index is 13.5. The maximum atomic E-state index is 13.5. The van der Waals surface area contributed by atoms with Crippen molar-refractivity contribution in [3.8, 4) is 11.3 Å². The van der Waals surface area contributed by atoms with Gasteiger partial charge >= 0.3 is 6.09 Å². The number of carbonyl (C=O) groups excluding carboxylic acids is 3. The van der Waals surface area contributed by atoms with E-state index in [1.807, 2.05) is 0 Å². The van der Waals surface area contributed by atoms with Gasteiger partial charge in [0.1, 0.15) is 12.1 Å². The SMILES string of the molecule is O=C(O)N[C@@H](C(=O)N1CCOC[C@H]1C(=O)Nc1nc(-c2ccc(C(=O)NC3CC3)cc2)cs1)c1ccccc1. The minimum Gasteiger partial charge on any atom is -0.465 e. The summed E-state index contributed by atoms with van der Waals surface area (Å²) in [4.78, 5) is 56.2. The van der Waals surface area contributed by atoms with E-state index in [1.165, 1.54) is 16.2 Å². The van der Waals surface area contributed by atoms with Crippen molar-refractivity contribution in [1.82, 2.24) is 20.5 Å². The molecule has 2 aliphatic rings. The number of nitrogens with zero attached hydrogens (tertiary/aromatic N) is 2. The molecule has 0 unspecified atom stereocenters. The van der Waals surface area contributed by atoms with E-state index in [0.29, 0.717) is 22.0 Å². The fourth-order valence-electron chi connectivity index (χ4n) is 4.25. The Balaban J connectivity index is 1.27. The van der Waals surface area contributed by atoms with Crippen LogP contribution < -0.4 is 16.0 Å². The highest BCUT2D eigenvalue weighted by Gasteiger charge is 2.37. The lowest BCUT2D eigenvalue weighted by molar-refractivity contribution is -0.148. The van der Waals surface area contributed by atoms with Crippen molar-refractivity contribution >= 4 is 40.3 Å². The first kappa shape index (κ1) is 26.3. The first-order chi connectivity index (χ1) is 18.9. The second kappa shape index (κ2) is 11.6. The average molecular weight is 550 g/mol. The maximum Gasteiger partial charge on any atom is 0.405 e. The van der Waals surface area contributed by atoms with Crippen molar-refractivity contribution in [2.45, 2.75) is 31.0 Å². The van der Waals surface area contributed by atoms with Gasteiger partial charge in [-0.05, 0) is 30.5 Å². The van der Waals surface area contributed by atoms with E-state index in [2.05, 4.69) is 20.9 Å². The summed E-state index contributed by atoms with van der Waals surface area (Å²) < 4.78 is 5.48. The quantitative estimate of drug-likeness (QED) is 0.337. The van der Waals surface area contributed by atoms with Crippen LogP contribution in [0.4, 0.5) is 9.93 Å². The van der Waals surface area contributed by atoms with E-state index < -0.39 is 30.0 Å². The fourth-order valence-corrected chi connectivity index (χ4v) is 4.97. The molecule has 0 spiro atoms. The van der Waals surface area contributed by atoms with Crippen LogP contribution in [0.2, 0.25) is 0 Å². The molecule has 202 valence electrons. The minimum absolute atomic E-state index is 0.0330. The molecule has 2 heterocycles. The summed E-state index contributed by atoms with van der Waals surface area (Å²) in [5.41, 5.74) is 2.46.